The second-order valence-electron chi connectivity index (χ2n) is 5.41. The van der Waals surface area contributed by atoms with Gasteiger partial charge in [-0.2, -0.15) is 0 Å². The van der Waals surface area contributed by atoms with Crippen LogP contribution in [-0.2, 0) is 0 Å². The van der Waals surface area contributed by atoms with Crippen LogP contribution in [0, 0.1) is 17.0 Å². The summed E-state index contributed by atoms with van der Waals surface area (Å²) in [5.41, 5.74) is 4.98. The highest BCUT2D eigenvalue weighted by atomic mass is 16.6. The molecular weight excluding hydrogens is 242 g/mol. The van der Waals surface area contributed by atoms with Crippen LogP contribution in [0.2, 0.25) is 0 Å². The molecule has 0 aromatic heterocycles. The Morgan fingerprint density at radius 3 is 2.53 bits per heavy atom. The Labute approximate surface area is 113 Å². The molecule has 5 nitrogen and oxygen atoms in total. The zero-order chi connectivity index (χ0) is 14.0. The molecule has 2 unspecified atom stereocenters. The smallest absolute Gasteiger partial charge is 0.274 e. The number of hydrogen-bond acceptors (Lipinski definition) is 4. The Kier molecular flexibility index (Phi) is 4.04. The normalized spacial score (nSPS) is 24.2. The van der Waals surface area contributed by atoms with Crippen molar-refractivity contribution >= 4 is 11.4 Å². The minimum atomic E-state index is -0.330. The number of nitro benzene ring substituents is 1. The summed E-state index contributed by atoms with van der Waals surface area (Å²) in [5.74, 6) is 0. The Morgan fingerprint density at radius 1 is 1.32 bits per heavy atom. The summed E-state index contributed by atoms with van der Waals surface area (Å²) in [6.45, 7) is 6.13. The van der Waals surface area contributed by atoms with Gasteiger partial charge in [-0.1, -0.05) is 12.5 Å². The summed E-state index contributed by atoms with van der Waals surface area (Å²) in [5, 5.41) is 13.2. The third kappa shape index (κ3) is 3.04. The average Bonchev–Trinajstić information content (AvgIpc) is 2.35. The van der Waals surface area contributed by atoms with Gasteiger partial charge in [0.05, 0.1) is 10.6 Å². The maximum atomic E-state index is 11.0. The molecule has 0 spiro atoms. The molecule has 1 N–H and O–H groups in total. The van der Waals surface area contributed by atoms with Crippen molar-refractivity contribution in [2.45, 2.75) is 52.1 Å². The number of piperidine rings is 1. The molecule has 0 radical (unpaired) electrons. The fourth-order valence-corrected chi connectivity index (χ4v) is 2.67. The first-order valence-electron chi connectivity index (χ1n) is 6.79. The molecule has 1 aliphatic heterocycles. The summed E-state index contributed by atoms with van der Waals surface area (Å²) in [6.07, 6.45) is 3.56. The van der Waals surface area contributed by atoms with Crippen molar-refractivity contribution in [2.24, 2.45) is 0 Å². The number of nitro groups is 1. The lowest BCUT2D eigenvalue weighted by Crippen LogP contribution is -2.47. The van der Waals surface area contributed by atoms with Gasteiger partial charge < -0.3 is 5.43 Å². The number of nitrogens with one attached hydrogen (secondary N) is 1. The topological polar surface area (TPSA) is 58.4 Å². The minimum absolute atomic E-state index is 0.169. The molecule has 0 amide bonds. The molecule has 0 aliphatic carbocycles. The van der Waals surface area contributed by atoms with Gasteiger partial charge in [0.1, 0.15) is 0 Å². The van der Waals surface area contributed by atoms with Crippen LogP contribution in [0.5, 0.6) is 0 Å². The minimum Gasteiger partial charge on any atom is -0.318 e. The molecule has 1 aromatic carbocycles. The highest BCUT2D eigenvalue weighted by Gasteiger charge is 2.25. The van der Waals surface area contributed by atoms with Crippen LogP contribution in [-0.4, -0.2) is 22.0 Å². The van der Waals surface area contributed by atoms with E-state index in [1.54, 1.807) is 19.1 Å². The molecule has 1 aromatic rings. The van der Waals surface area contributed by atoms with Gasteiger partial charge in [0, 0.05) is 23.7 Å². The first kappa shape index (κ1) is 13.8. The van der Waals surface area contributed by atoms with Gasteiger partial charge in [0.2, 0.25) is 0 Å². The monoisotopic (exact) mass is 263 g/mol. The van der Waals surface area contributed by atoms with E-state index < -0.39 is 0 Å². The Bertz CT molecular complexity index is 466. The van der Waals surface area contributed by atoms with Crippen molar-refractivity contribution in [1.29, 1.82) is 0 Å². The first-order chi connectivity index (χ1) is 8.99. The zero-order valence-corrected chi connectivity index (χ0v) is 11.7. The van der Waals surface area contributed by atoms with Gasteiger partial charge in [-0.25, -0.2) is 5.01 Å². The van der Waals surface area contributed by atoms with Gasteiger partial charge >= 0.3 is 0 Å². The molecule has 1 aliphatic rings. The Hall–Kier alpha value is -1.62. The standard InChI is InChI=1S/C14H21N3O2/c1-10-7-8-13(9-14(10)17(18)19)15-16-11(2)5-4-6-12(16)3/h7-9,11-12,15H,4-6H2,1-3H3. The number of rotatable bonds is 3. The molecule has 1 saturated heterocycles. The van der Waals surface area contributed by atoms with Crippen molar-refractivity contribution in [3.05, 3.63) is 33.9 Å². The number of hydrazine groups is 1. The number of hydrogen-bond donors (Lipinski definition) is 1. The van der Waals surface area contributed by atoms with Gasteiger partial charge in [-0.05, 0) is 39.7 Å². The number of aryl methyl sites for hydroxylation is 1. The highest BCUT2D eigenvalue weighted by molar-refractivity contribution is 5.54. The third-order valence-corrected chi connectivity index (χ3v) is 3.86. The van der Waals surface area contributed by atoms with Crippen molar-refractivity contribution in [2.75, 3.05) is 5.43 Å². The van der Waals surface area contributed by atoms with Crippen molar-refractivity contribution in [3.8, 4) is 0 Å². The molecule has 1 fully saturated rings. The number of nitrogens with zero attached hydrogens (tertiary/aromatic N) is 2. The van der Waals surface area contributed by atoms with E-state index in [1.165, 1.54) is 6.42 Å². The van der Waals surface area contributed by atoms with Gasteiger partial charge in [0.25, 0.3) is 5.69 Å². The average molecular weight is 263 g/mol. The van der Waals surface area contributed by atoms with Crippen LogP contribution in [0.25, 0.3) is 0 Å². The molecule has 2 rings (SSSR count). The number of anilines is 1. The molecule has 0 bridgehead atoms. The van der Waals surface area contributed by atoms with Crippen LogP contribution in [0.4, 0.5) is 11.4 Å². The lowest BCUT2D eigenvalue weighted by atomic mass is 10.00. The van der Waals surface area contributed by atoms with Gasteiger partial charge in [-0.3, -0.25) is 10.1 Å². The molecule has 19 heavy (non-hydrogen) atoms. The highest BCUT2D eigenvalue weighted by Crippen LogP contribution is 2.26. The lowest BCUT2D eigenvalue weighted by molar-refractivity contribution is -0.385. The zero-order valence-electron chi connectivity index (χ0n) is 11.7. The third-order valence-electron chi connectivity index (χ3n) is 3.86. The summed E-state index contributed by atoms with van der Waals surface area (Å²) in [7, 11) is 0. The van der Waals surface area contributed by atoms with Crippen LogP contribution in [0.1, 0.15) is 38.7 Å². The van der Waals surface area contributed by atoms with E-state index in [2.05, 4.69) is 24.3 Å². The van der Waals surface area contributed by atoms with Gasteiger partial charge in [0.15, 0.2) is 0 Å². The molecule has 5 heteroatoms. The molecule has 104 valence electrons. The summed E-state index contributed by atoms with van der Waals surface area (Å²) in [4.78, 5) is 10.6. The summed E-state index contributed by atoms with van der Waals surface area (Å²) in [6, 6.07) is 6.20. The second-order valence-corrected chi connectivity index (χ2v) is 5.41. The fraction of sp³-hybridized carbons (Fsp3) is 0.571. The SMILES string of the molecule is Cc1ccc(NN2C(C)CCCC2C)cc1[N+](=O)[O-]. The van der Waals surface area contributed by atoms with Crippen molar-refractivity contribution in [3.63, 3.8) is 0 Å². The van der Waals surface area contributed by atoms with Gasteiger partial charge in [-0.15, -0.1) is 0 Å². The maximum absolute atomic E-state index is 11.0. The number of benzene rings is 1. The van der Waals surface area contributed by atoms with Crippen LogP contribution < -0.4 is 5.43 Å². The van der Waals surface area contributed by atoms with Crippen molar-refractivity contribution < 1.29 is 4.92 Å². The van der Waals surface area contributed by atoms with Crippen molar-refractivity contribution in [1.82, 2.24) is 5.01 Å². The van der Waals surface area contributed by atoms with Crippen LogP contribution in [0.15, 0.2) is 18.2 Å². The Morgan fingerprint density at radius 2 is 1.95 bits per heavy atom. The predicted octanol–water partition coefficient (Wildman–Crippen LogP) is 3.49. The summed E-state index contributed by atoms with van der Waals surface area (Å²) >= 11 is 0. The molecular formula is C14H21N3O2. The van der Waals surface area contributed by atoms with E-state index in [-0.39, 0.29) is 10.6 Å². The van der Waals surface area contributed by atoms with E-state index in [0.717, 1.165) is 18.5 Å². The molecule has 0 saturated carbocycles. The van der Waals surface area contributed by atoms with E-state index >= 15 is 0 Å². The van der Waals surface area contributed by atoms with Crippen LogP contribution >= 0.6 is 0 Å². The van der Waals surface area contributed by atoms with Crippen LogP contribution in [0.3, 0.4) is 0 Å². The molecule has 1 heterocycles. The quantitative estimate of drug-likeness (QED) is 0.670. The largest absolute Gasteiger partial charge is 0.318 e. The molecule has 2 atom stereocenters. The second kappa shape index (κ2) is 5.57. The van der Waals surface area contributed by atoms with E-state index in [1.807, 2.05) is 6.07 Å². The maximum Gasteiger partial charge on any atom is 0.274 e. The van der Waals surface area contributed by atoms with E-state index in [4.69, 9.17) is 0 Å². The lowest BCUT2D eigenvalue weighted by Gasteiger charge is -2.39. The first-order valence-corrected chi connectivity index (χ1v) is 6.79. The van der Waals surface area contributed by atoms with E-state index in [0.29, 0.717) is 17.6 Å². The summed E-state index contributed by atoms with van der Waals surface area (Å²) < 4.78 is 0. The fourth-order valence-electron chi connectivity index (χ4n) is 2.67. The van der Waals surface area contributed by atoms with E-state index in [9.17, 15) is 10.1 Å². The predicted molar refractivity (Wildman–Crippen MR) is 76.1 cm³/mol. The Balaban J connectivity index is 2.18.